The first kappa shape index (κ1) is 15.8. The zero-order chi connectivity index (χ0) is 17.3. The summed E-state index contributed by atoms with van der Waals surface area (Å²) in [5.74, 6) is 0.156. The average Bonchev–Trinajstić information content (AvgIpc) is 2.54. The second-order valence-electron chi connectivity index (χ2n) is 4.91. The summed E-state index contributed by atoms with van der Waals surface area (Å²) in [4.78, 5) is 32.8. The van der Waals surface area contributed by atoms with Gasteiger partial charge in [-0.2, -0.15) is 13.2 Å². The number of pyridine rings is 1. The maximum atomic E-state index is 12.1. The number of nitrogens with one attached hydrogen (secondary N) is 2. The van der Waals surface area contributed by atoms with Crippen molar-refractivity contribution in [2.45, 2.75) is 6.18 Å². The maximum absolute atomic E-state index is 12.1. The molecule has 2 N–H and O–H groups in total. The Morgan fingerprint density at radius 1 is 1.04 bits per heavy atom. The molecule has 0 aliphatic carbocycles. The van der Waals surface area contributed by atoms with Gasteiger partial charge in [0.15, 0.2) is 6.61 Å². The molecule has 6 nitrogen and oxygen atoms in total. The van der Waals surface area contributed by atoms with Crippen LogP contribution in [0.5, 0.6) is 5.75 Å². The Kier molecular flexibility index (Phi) is 3.84. The molecule has 9 heteroatoms. The minimum Gasteiger partial charge on any atom is -0.484 e. The molecular weight excluding hydrogens is 327 g/mol. The summed E-state index contributed by atoms with van der Waals surface area (Å²) in [6.07, 6.45) is -3.08. The highest BCUT2D eigenvalue weighted by Gasteiger charge is 2.28. The fourth-order valence-electron chi connectivity index (χ4n) is 2.09. The summed E-state index contributed by atoms with van der Waals surface area (Å²) in [7, 11) is 0. The fraction of sp³-hybridized carbons (Fsp3) is 0.133. The lowest BCUT2D eigenvalue weighted by molar-refractivity contribution is -0.153. The number of aromatic amines is 2. The van der Waals surface area contributed by atoms with E-state index < -0.39 is 23.9 Å². The van der Waals surface area contributed by atoms with Gasteiger partial charge in [0, 0.05) is 11.8 Å². The number of halogens is 3. The van der Waals surface area contributed by atoms with Gasteiger partial charge in [-0.1, -0.05) is 0 Å². The van der Waals surface area contributed by atoms with Gasteiger partial charge in [0.2, 0.25) is 0 Å². The summed E-state index contributed by atoms with van der Waals surface area (Å²) < 4.78 is 40.9. The molecule has 3 aromatic rings. The number of ether oxygens (including phenoxy) is 1. The normalized spacial score (nSPS) is 11.6. The third-order valence-corrected chi connectivity index (χ3v) is 3.17. The van der Waals surface area contributed by atoms with E-state index in [4.69, 9.17) is 0 Å². The first-order chi connectivity index (χ1) is 11.3. The number of hydrogen-bond acceptors (Lipinski definition) is 4. The molecule has 0 saturated heterocycles. The number of H-pyrrole nitrogens is 2. The molecule has 0 amide bonds. The van der Waals surface area contributed by atoms with Crippen molar-refractivity contribution in [1.82, 2.24) is 15.0 Å². The minimum absolute atomic E-state index is 0.0198. The molecule has 0 fully saturated rings. The van der Waals surface area contributed by atoms with Crippen molar-refractivity contribution in [2.75, 3.05) is 6.61 Å². The molecule has 0 atom stereocenters. The van der Waals surface area contributed by atoms with Crippen molar-refractivity contribution in [3.8, 4) is 17.1 Å². The summed E-state index contributed by atoms with van der Waals surface area (Å²) >= 11 is 0. The van der Waals surface area contributed by atoms with E-state index in [1.165, 1.54) is 36.5 Å². The quantitative estimate of drug-likeness (QED) is 0.767. The van der Waals surface area contributed by atoms with Gasteiger partial charge in [-0.25, -0.2) is 4.98 Å². The monoisotopic (exact) mass is 337 g/mol. The van der Waals surface area contributed by atoms with Crippen LogP contribution in [0.1, 0.15) is 0 Å². The summed E-state index contributed by atoms with van der Waals surface area (Å²) in [5, 5.41) is 0.146. The molecule has 0 unspecified atom stereocenters. The van der Waals surface area contributed by atoms with Gasteiger partial charge in [-0.3, -0.25) is 9.59 Å². The average molecular weight is 337 g/mol. The van der Waals surface area contributed by atoms with E-state index in [2.05, 4.69) is 19.7 Å². The lowest BCUT2D eigenvalue weighted by Gasteiger charge is -2.09. The lowest BCUT2D eigenvalue weighted by atomic mass is 10.2. The summed E-state index contributed by atoms with van der Waals surface area (Å²) in [5.41, 5.74) is -0.589. The molecule has 0 aliphatic heterocycles. The van der Waals surface area contributed by atoms with Gasteiger partial charge in [0.1, 0.15) is 17.1 Å². The van der Waals surface area contributed by atoms with Crippen molar-refractivity contribution in [2.24, 2.45) is 0 Å². The SMILES string of the molecule is O=c1[nH]c(-c2ccc(OCC(F)(F)F)cc2)nc2c(=O)[nH]ccc12. The molecule has 0 bridgehead atoms. The fourth-order valence-corrected chi connectivity index (χ4v) is 2.09. The number of alkyl halides is 3. The van der Waals surface area contributed by atoms with Crippen molar-refractivity contribution in [3.05, 3.63) is 57.2 Å². The van der Waals surface area contributed by atoms with Crippen LogP contribution in [0, 0.1) is 0 Å². The highest BCUT2D eigenvalue weighted by atomic mass is 19.4. The Balaban J connectivity index is 1.95. The molecule has 24 heavy (non-hydrogen) atoms. The van der Waals surface area contributed by atoms with E-state index in [1.807, 2.05) is 0 Å². The van der Waals surface area contributed by atoms with Crippen LogP contribution < -0.4 is 15.9 Å². The third kappa shape index (κ3) is 3.29. The van der Waals surface area contributed by atoms with Crippen molar-refractivity contribution in [1.29, 1.82) is 0 Å². The second kappa shape index (κ2) is 5.84. The summed E-state index contributed by atoms with van der Waals surface area (Å²) in [6.45, 7) is -1.40. The predicted octanol–water partition coefficient (Wildman–Crippen LogP) is 2.22. The van der Waals surface area contributed by atoms with Gasteiger partial charge in [0.25, 0.3) is 11.1 Å². The van der Waals surface area contributed by atoms with Crippen LogP contribution in [0.4, 0.5) is 13.2 Å². The van der Waals surface area contributed by atoms with E-state index in [-0.39, 0.29) is 22.5 Å². The van der Waals surface area contributed by atoms with Gasteiger partial charge in [0.05, 0.1) is 5.39 Å². The van der Waals surface area contributed by atoms with Crippen LogP contribution in [0.25, 0.3) is 22.3 Å². The van der Waals surface area contributed by atoms with Crippen molar-refractivity contribution in [3.63, 3.8) is 0 Å². The van der Waals surface area contributed by atoms with Crippen molar-refractivity contribution < 1.29 is 17.9 Å². The molecule has 124 valence electrons. The van der Waals surface area contributed by atoms with Crippen LogP contribution in [0.3, 0.4) is 0 Å². The number of aromatic nitrogens is 3. The number of benzene rings is 1. The molecule has 2 heterocycles. The van der Waals surface area contributed by atoms with E-state index in [0.29, 0.717) is 5.56 Å². The Morgan fingerprint density at radius 2 is 1.75 bits per heavy atom. The zero-order valence-corrected chi connectivity index (χ0v) is 12.0. The number of hydrogen-bond donors (Lipinski definition) is 2. The molecule has 2 aromatic heterocycles. The Hall–Kier alpha value is -3.10. The van der Waals surface area contributed by atoms with Crippen LogP contribution >= 0.6 is 0 Å². The first-order valence-corrected chi connectivity index (χ1v) is 6.75. The first-order valence-electron chi connectivity index (χ1n) is 6.75. The molecule has 3 rings (SSSR count). The van der Waals surface area contributed by atoms with Crippen LogP contribution in [0.2, 0.25) is 0 Å². The summed E-state index contributed by atoms with van der Waals surface area (Å²) in [6, 6.07) is 6.95. The standard InChI is InChI=1S/C15H10F3N3O3/c16-15(17,18)7-24-9-3-1-8(2-4-9)12-20-11-10(13(22)21-12)5-6-19-14(11)23/h1-6H,7H2,(H,19,23)(H,20,21,22). The second-order valence-corrected chi connectivity index (χ2v) is 4.91. The number of fused-ring (bicyclic) bond motifs is 1. The van der Waals surface area contributed by atoms with Crippen LogP contribution in [-0.2, 0) is 0 Å². The molecule has 1 aromatic carbocycles. The third-order valence-electron chi connectivity index (χ3n) is 3.17. The van der Waals surface area contributed by atoms with E-state index in [0.717, 1.165) is 0 Å². The van der Waals surface area contributed by atoms with Gasteiger partial charge < -0.3 is 14.7 Å². The van der Waals surface area contributed by atoms with Crippen LogP contribution in [-0.4, -0.2) is 27.7 Å². The molecule has 0 aliphatic rings. The smallest absolute Gasteiger partial charge is 0.422 e. The van der Waals surface area contributed by atoms with Gasteiger partial charge in [-0.15, -0.1) is 0 Å². The zero-order valence-electron chi connectivity index (χ0n) is 12.0. The Bertz CT molecular complexity index is 991. The maximum Gasteiger partial charge on any atom is 0.422 e. The molecule has 0 spiro atoms. The van der Waals surface area contributed by atoms with Crippen LogP contribution in [0.15, 0.2) is 46.1 Å². The highest BCUT2D eigenvalue weighted by Crippen LogP contribution is 2.22. The van der Waals surface area contributed by atoms with Crippen molar-refractivity contribution >= 4 is 10.9 Å². The predicted molar refractivity (Wildman–Crippen MR) is 80.0 cm³/mol. The molecular formula is C15H10F3N3O3. The topological polar surface area (TPSA) is 87.8 Å². The lowest BCUT2D eigenvalue weighted by Crippen LogP contribution is -2.19. The largest absolute Gasteiger partial charge is 0.484 e. The Labute approximate surface area is 131 Å². The van der Waals surface area contributed by atoms with E-state index >= 15 is 0 Å². The number of rotatable bonds is 3. The molecule has 0 radical (unpaired) electrons. The van der Waals surface area contributed by atoms with E-state index in [9.17, 15) is 22.8 Å². The van der Waals surface area contributed by atoms with E-state index in [1.54, 1.807) is 0 Å². The number of nitrogens with zero attached hydrogens (tertiary/aromatic N) is 1. The van der Waals surface area contributed by atoms with Gasteiger partial charge in [-0.05, 0) is 30.3 Å². The highest BCUT2D eigenvalue weighted by molar-refractivity contribution is 5.78. The Morgan fingerprint density at radius 3 is 2.42 bits per heavy atom. The minimum atomic E-state index is -4.43. The molecule has 0 saturated carbocycles. The van der Waals surface area contributed by atoms with Gasteiger partial charge >= 0.3 is 6.18 Å².